The number of para-hydroxylation sites is 2. The molecule has 2 heterocycles. The minimum atomic E-state index is -0.132. The van der Waals surface area contributed by atoms with Crippen LogP contribution in [0.3, 0.4) is 0 Å². The van der Waals surface area contributed by atoms with Gasteiger partial charge in [-0.05, 0) is 36.2 Å². The van der Waals surface area contributed by atoms with E-state index in [1.54, 1.807) is 6.07 Å². The molecule has 5 rings (SSSR count). The summed E-state index contributed by atoms with van der Waals surface area (Å²) in [4.78, 5) is 22.6. The first kappa shape index (κ1) is 24.0. The Hall–Kier alpha value is -3.74. The Labute approximate surface area is 212 Å². The molecule has 0 aliphatic carbocycles. The normalized spacial score (nSPS) is 14.7. The molecule has 6 heteroatoms. The minimum absolute atomic E-state index is 0.132. The number of hydrogen-bond acceptors (Lipinski definition) is 5. The number of rotatable bonds is 7. The van der Waals surface area contributed by atoms with Crippen molar-refractivity contribution in [1.82, 2.24) is 20.1 Å². The second kappa shape index (κ2) is 10.9. The first-order valence-corrected chi connectivity index (χ1v) is 12.6. The quantitative estimate of drug-likeness (QED) is 0.386. The third-order valence-corrected chi connectivity index (χ3v) is 6.91. The van der Waals surface area contributed by atoms with Gasteiger partial charge in [0, 0.05) is 62.5 Å². The molecule has 1 saturated heterocycles. The molecule has 6 nitrogen and oxygen atoms in total. The van der Waals surface area contributed by atoms with E-state index in [4.69, 9.17) is 5.73 Å². The molecule has 1 amide bonds. The van der Waals surface area contributed by atoms with Crippen LogP contribution in [0.2, 0.25) is 0 Å². The number of nitrogens with two attached hydrogens (primary N) is 1. The van der Waals surface area contributed by atoms with Crippen LogP contribution >= 0.6 is 0 Å². The zero-order valence-electron chi connectivity index (χ0n) is 20.8. The fourth-order valence-electron chi connectivity index (χ4n) is 4.96. The van der Waals surface area contributed by atoms with Gasteiger partial charge in [0.2, 0.25) is 0 Å². The third-order valence-electron chi connectivity index (χ3n) is 6.91. The van der Waals surface area contributed by atoms with E-state index in [-0.39, 0.29) is 5.91 Å². The van der Waals surface area contributed by atoms with Crippen LogP contribution in [0.5, 0.6) is 0 Å². The second-order valence-electron chi connectivity index (χ2n) is 9.45. The summed E-state index contributed by atoms with van der Waals surface area (Å²) in [6.45, 7) is 8.49. The van der Waals surface area contributed by atoms with Crippen molar-refractivity contribution in [3.63, 3.8) is 0 Å². The van der Waals surface area contributed by atoms with E-state index in [1.165, 1.54) is 5.56 Å². The molecule has 36 heavy (non-hydrogen) atoms. The molecule has 0 unspecified atom stereocenters. The van der Waals surface area contributed by atoms with E-state index in [0.717, 1.165) is 67.0 Å². The lowest BCUT2D eigenvalue weighted by Gasteiger charge is -2.34. The van der Waals surface area contributed by atoms with Crippen LogP contribution in [-0.4, -0.2) is 60.0 Å². The fourth-order valence-corrected chi connectivity index (χ4v) is 4.96. The molecular weight excluding hydrogens is 446 g/mol. The van der Waals surface area contributed by atoms with Crippen LogP contribution in [0.1, 0.15) is 21.6 Å². The Morgan fingerprint density at radius 2 is 1.61 bits per heavy atom. The van der Waals surface area contributed by atoms with Crippen LogP contribution in [0.25, 0.3) is 22.0 Å². The predicted octanol–water partition coefficient (Wildman–Crippen LogP) is 4.34. The largest absolute Gasteiger partial charge is 0.398 e. The third kappa shape index (κ3) is 5.40. The summed E-state index contributed by atoms with van der Waals surface area (Å²) in [7, 11) is 0. The number of piperazine rings is 1. The van der Waals surface area contributed by atoms with Crippen molar-refractivity contribution >= 4 is 22.5 Å². The fraction of sp³-hybridized carbons (Fsp3) is 0.267. The maximum Gasteiger partial charge on any atom is 0.253 e. The zero-order chi connectivity index (χ0) is 24.9. The van der Waals surface area contributed by atoms with Gasteiger partial charge >= 0.3 is 0 Å². The summed E-state index contributed by atoms with van der Waals surface area (Å²) < 4.78 is 0. The Balaban J connectivity index is 1.19. The number of aryl methyl sites for hydroxylation is 1. The summed E-state index contributed by atoms with van der Waals surface area (Å²) in [5, 5.41) is 4.11. The average molecular weight is 480 g/mol. The van der Waals surface area contributed by atoms with Crippen LogP contribution in [0, 0.1) is 6.92 Å². The van der Waals surface area contributed by atoms with Crippen LogP contribution in [-0.2, 0) is 6.54 Å². The summed E-state index contributed by atoms with van der Waals surface area (Å²) >= 11 is 0. The van der Waals surface area contributed by atoms with Gasteiger partial charge in [0.05, 0.1) is 16.8 Å². The highest BCUT2D eigenvalue weighted by Gasteiger charge is 2.18. The highest BCUT2D eigenvalue weighted by atomic mass is 16.1. The zero-order valence-corrected chi connectivity index (χ0v) is 20.8. The number of pyridine rings is 1. The number of aromatic nitrogens is 1. The Morgan fingerprint density at radius 3 is 2.42 bits per heavy atom. The maximum absolute atomic E-state index is 13.0. The van der Waals surface area contributed by atoms with Crippen molar-refractivity contribution in [2.24, 2.45) is 0 Å². The summed E-state index contributed by atoms with van der Waals surface area (Å²) in [5.74, 6) is -0.132. The predicted molar refractivity (Wildman–Crippen MR) is 147 cm³/mol. The van der Waals surface area contributed by atoms with Gasteiger partial charge in [-0.2, -0.15) is 0 Å². The standard InChI is InChI=1S/C30H33N5O/c1-22-20-27(24-10-5-6-13-28(24)33-22)25-11-7-12-26(29(25)31)30(36)32-14-15-34-16-18-35(19-17-34)21-23-8-3-2-4-9-23/h2-13,20H,14-19,21,31H2,1H3,(H,32,36). The summed E-state index contributed by atoms with van der Waals surface area (Å²) in [6, 6.07) is 26.3. The van der Waals surface area contributed by atoms with Crippen molar-refractivity contribution < 1.29 is 4.79 Å². The molecule has 1 aliphatic rings. The van der Waals surface area contributed by atoms with Gasteiger partial charge in [0.1, 0.15) is 0 Å². The van der Waals surface area contributed by atoms with Crippen molar-refractivity contribution in [2.75, 3.05) is 45.0 Å². The highest BCUT2D eigenvalue weighted by Crippen LogP contribution is 2.34. The number of nitrogens with one attached hydrogen (secondary N) is 1. The molecular formula is C30H33N5O. The Bertz CT molecular complexity index is 1350. The Morgan fingerprint density at radius 1 is 0.889 bits per heavy atom. The first-order chi connectivity index (χ1) is 17.6. The van der Waals surface area contributed by atoms with Gasteiger partial charge in [-0.1, -0.05) is 60.7 Å². The number of anilines is 1. The van der Waals surface area contributed by atoms with E-state index in [1.807, 2.05) is 49.4 Å². The number of fused-ring (bicyclic) bond motifs is 1. The van der Waals surface area contributed by atoms with Crippen molar-refractivity contribution in [1.29, 1.82) is 0 Å². The molecule has 184 valence electrons. The number of nitrogen functional groups attached to an aromatic ring is 1. The van der Waals surface area contributed by atoms with Crippen molar-refractivity contribution in [3.05, 3.63) is 95.7 Å². The number of benzene rings is 3. The van der Waals surface area contributed by atoms with Gasteiger partial charge in [0.15, 0.2) is 0 Å². The second-order valence-corrected chi connectivity index (χ2v) is 9.45. The van der Waals surface area contributed by atoms with Gasteiger partial charge in [0.25, 0.3) is 5.91 Å². The number of hydrogen-bond donors (Lipinski definition) is 2. The van der Waals surface area contributed by atoms with E-state index in [9.17, 15) is 4.79 Å². The smallest absolute Gasteiger partial charge is 0.253 e. The first-order valence-electron chi connectivity index (χ1n) is 12.6. The molecule has 0 radical (unpaired) electrons. The van der Waals surface area contributed by atoms with Crippen molar-refractivity contribution in [2.45, 2.75) is 13.5 Å². The molecule has 3 aromatic carbocycles. The number of nitrogens with zero attached hydrogens (tertiary/aromatic N) is 3. The molecule has 3 N–H and O–H groups in total. The monoisotopic (exact) mass is 479 g/mol. The molecule has 1 fully saturated rings. The molecule has 0 spiro atoms. The lowest BCUT2D eigenvalue weighted by Crippen LogP contribution is -2.48. The van der Waals surface area contributed by atoms with Crippen LogP contribution in [0.4, 0.5) is 5.69 Å². The van der Waals surface area contributed by atoms with Gasteiger partial charge in [-0.25, -0.2) is 0 Å². The summed E-state index contributed by atoms with van der Waals surface area (Å²) in [6.07, 6.45) is 0. The molecule has 1 aliphatic heterocycles. The molecule has 1 aromatic heterocycles. The highest BCUT2D eigenvalue weighted by molar-refractivity contribution is 6.05. The number of carbonyl (C=O) groups is 1. The van der Waals surface area contributed by atoms with Gasteiger partial charge in [-0.3, -0.25) is 19.6 Å². The van der Waals surface area contributed by atoms with E-state index in [2.05, 4.69) is 50.4 Å². The van der Waals surface area contributed by atoms with Crippen LogP contribution in [0.15, 0.2) is 78.9 Å². The molecule has 0 saturated carbocycles. The Kier molecular flexibility index (Phi) is 7.26. The van der Waals surface area contributed by atoms with Crippen molar-refractivity contribution in [3.8, 4) is 11.1 Å². The summed E-state index contributed by atoms with van der Waals surface area (Å²) in [5.41, 5.74) is 12.6. The van der Waals surface area contributed by atoms with Gasteiger partial charge < -0.3 is 11.1 Å². The topological polar surface area (TPSA) is 74.5 Å². The van der Waals surface area contributed by atoms with E-state index < -0.39 is 0 Å². The lowest BCUT2D eigenvalue weighted by molar-refractivity contribution is 0.0935. The number of carbonyl (C=O) groups excluding carboxylic acids is 1. The van der Waals surface area contributed by atoms with E-state index in [0.29, 0.717) is 17.8 Å². The minimum Gasteiger partial charge on any atom is -0.398 e. The van der Waals surface area contributed by atoms with Gasteiger partial charge in [-0.15, -0.1) is 0 Å². The molecule has 4 aromatic rings. The molecule has 0 atom stereocenters. The molecule has 0 bridgehead atoms. The number of amides is 1. The average Bonchev–Trinajstić information content (AvgIpc) is 2.90. The van der Waals surface area contributed by atoms with E-state index >= 15 is 0 Å². The maximum atomic E-state index is 13.0. The van der Waals surface area contributed by atoms with Crippen LogP contribution < -0.4 is 11.1 Å². The SMILES string of the molecule is Cc1cc(-c2cccc(C(=O)NCCN3CCN(Cc4ccccc4)CC3)c2N)c2ccccc2n1. The lowest BCUT2D eigenvalue weighted by atomic mass is 9.96.